The standard InChI is InChI=1S/C19H28N2O4S/c1-26(23,24)19(7-11-20-12-8-19)17(22)21-15-18(9-13-25-14-10-18)16-5-3-2-4-6-16/h2-6,20H,7-15H2,1H3,(H,21,22). The Morgan fingerprint density at radius 1 is 1.12 bits per heavy atom. The van der Waals surface area contributed by atoms with Crippen molar-refractivity contribution in [2.75, 3.05) is 39.1 Å². The van der Waals surface area contributed by atoms with Crippen LogP contribution in [0.15, 0.2) is 30.3 Å². The Morgan fingerprint density at radius 3 is 2.31 bits per heavy atom. The number of carbonyl (C=O) groups excluding carboxylic acids is 1. The van der Waals surface area contributed by atoms with E-state index < -0.39 is 14.6 Å². The second kappa shape index (κ2) is 7.66. The minimum Gasteiger partial charge on any atom is -0.381 e. The number of hydrogen-bond acceptors (Lipinski definition) is 5. The van der Waals surface area contributed by atoms with Crippen LogP contribution in [-0.2, 0) is 24.8 Å². The highest BCUT2D eigenvalue weighted by atomic mass is 32.2. The maximum atomic E-state index is 13.0. The Morgan fingerprint density at radius 2 is 1.73 bits per heavy atom. The number of hydrogen-bond donors (Lipinski definition) is 2. The third-order valence-corrected chi connectivity index (χ3v) is 7.97. The molecule has 2 aliphatic rings. The summed E-state index contributed by atoms with van der Waals surface area (Å²) in [5.41, 5.74) is 0.961. The van der Waals surface area contributed by atoms with Crippen LogP contribution in [0.5, 0.6) is 0 Å². The lowest BCUT2D eigenvalue weighted by Gasteiger charge is -2.40. The van der Waals surface area contributed by atoms with Gasteiger partial charge in [-0.25, -0.2) is 8.42 Å². The fourth-order valence-electron chi connectivity index (χ4n) is 4.13. The Kier molecular flexibility index (Phi) is 5.69. The molecule has 26 heavy (non-hydrogen) atoms. The minimum absolute atomic E-state index is 0.208. The topological polar surface area (TPSA) is 84.5 Å². The molecule has 0 radical (unpaired) electrons. The molecule has 2 saturated heterocycles. The number of ether oxygens (including phenoxy) is 1. The van der Waals surface area contributed by atoms with Crippen LogP contribution >= 0.6 is 0 Å². The van der Waals surface area contributed by atoms with Crippen LogP contribution in [-0.4, -0.2) is 58.2 Å². The molecule has 1 aromatic rings. The van der Waals surface area contributed by atoms with E-state index in [4.69, 9.17) is 4.74 Å². The maximum Gasteiger partial charge on any atom is 0.241 e. The fourth-order valence-corrected chi connectivity index (χ4v) is 5.48. The highest BCUT2D eigenvalue weighted by Crippen LogP contribution is 2.35. The maximum absolute atomic E-state index is 13.0. The van der Waals surface area contributed by atoms with Gasteiger partial charge in [-0.3, -0.25) is 4.79 Å². The van der Waals surface area contributed by atoms with Crippen molar-refractivity contribution in [2.24, 2.45) is 0 Å². The average Bonchev–Trinajstić information content (AvgIpc) is 2.67. The average molecular weight is 381 g/mol. The first-order chi connectivity index (χ1) is 12.4. The minimum atomic E-state index is -3.50. The second-order valence-corrected chi connectivity index (χ2v) is 9.78. The first-order valence-electron chi connectivity index (χ1n) is 9.22. The number of amides is 1. The lowest BCUT2D eigenvalue weighted by atomic mass is 9.74. The molecule has 1 aromatic carbocycles. The Hall–Kier alpha value is -1.44. The summed E-state index contributed by atoms with van der Waals surface area (Å²) in [7, 11) is -3.50. The molecule has 0 bridgehead atoms. The van der Waals surface area contributed by atoms with Gasteiger partial charge in [-0.05, 0) is 44.3 Å². The predicted molar refractivity (Wildman–Crippen MR) is 101 cm³/mol. The monoisotopic (exact) mass is 380 g/mol. The molecule has 2 N–H and O–H groups in total. The summed E-state index contributed by atoms with van der Waals surface area (Å²) in [5.74, 6) is -0.358. The second-order valence-electron chi connectivity index (χ2n) is 7.46. The molecule has 144 valence electrons. The molecule has 2 aliphatic heterocycles. The van der Waals surface area contributed by atoms with Gasteiger partial charge in [0.1, 0.15) is 0 Å². The van der Waals surface area contributed by atoms with Crippen molar-refractivity contribution in [2.45, 2.75) is 35.8 Å². The molecule has 7 heteroatoms. The number of rotatable bonds is 5. The van der Waals surface area contributed by atoms with Gasteiger partial charge < -0.3 is 15.4 Å². The molecule has 0 aliphatic carbocycles. The third-order valence-electron chi connectivity index (χ3n) is 5.96. The molecule has 2 heterocycles. The van der Waals surface area contributed by atoms with Gasteiger partial charge in [-0.1, -0.05) is 30.3 Å². The lowest BCUT2D eigenvalue weighted by molar-refractivity contribution is -0.124. The van der Waals surface area contributed by atoms with Crippen molar-refractivity contribution >= 4 is 15.7 Å². The highest BCUT2D eigenvalue weighted by Gasteiger charge is 2.49. The quantitative estimate of drug-likeness (QED) is 0.797. The van der Waals surface area contributed by atoms with Crippen LogP contribution in [0.2, 0.25) is 0 Å². The van der Waals surface area contributed by atoms with Gasteiger partial charge in [0.25, 0.3) is 0 Å². The van der Waals surface area contributed by atoms with Crippen LogP contribution in [0.25, 0.3) is 0 Å². The summed E-state index contributed by atoms with van der Waals surface area (Å²) >= 11 is 0. The van der Waals surface area contributed by atoms with E-state index in [0.29, 0.717) is 45.7 Å². The summed E-state index contributed by atoms with van der Waals surface area (Å²) in [6.07, 6.45) is 3.44. The van der Waals surface area contributed by atoms with Crippen molar-refractivity contribution < 1.29 is 17.9 Å². The van der Waals surface area contributed by atoms with E-state index in [-0.39, 0.29) is 11.3 Å². The molecule has 0 aromatic heterocycles. The third kappa shape index (κ3) is 3.66. The van der Waals surface area contributed by atoms with E-state index in [1.807, 2.05) is 18.2 Å². The molecule has 0 unspecified atom stereocenters. The van der Waals surface area contributed by atoms with Crippen molar-refractivity contribution in [3.05, 3.63) is 35.9 Å². The van der Waals surface area contributed by atoms with Crippen LogP contribution in [0, 0.1) is 0 Å². The lowest BCUT2D eigenvalue weighted by Crippen LogP contribution is -2.59. The van der Waals surface area contributed by atoms with Gasteiger partial charge in [0, 0.05) is 31.4 Å². The number of nitrogens with one attached hydrogen (secondary N) is 2. The molecule has 2 fully saturated rings. The van der Waals surface area contributed by atoms with E-state index in [9.17, 15) is 13.2 Å². The smallest absolute Gasteiger partial charge is 0.241 e. The normalized spacial score (nSPS) is 22.5. The summed E-state index contributed by atoms with van der Waals surface area (Å²) < 4.78 is 29.1. The molecule has 0 spiro atoms. The molecular formula is C19H28N2O4S. The van der Waals surface area contributed by atoms with E-state index >= 15 is 0 Å². The molecule has 3 rings (SSSR count). The molecule has 0 saturated carbocycles. The summed E-state index contributed by atoms with van der Waals surface area (Å²) in [4.78, 5) is 13.0. The van der Waals surface area contributed by atoms with Gasteiger partial charge in [0.05, 0.1) is 0 Å². The zero-order chi connectivity index (χ0) is 18.7. The zero-order valence-corrected chi connectivity index (χ0v) is 16.1. The summed E-state index contributed by atoms with van der Waals surface area (Å²) in [6, 6.07) is 10.1. The van der Waals surface area contributed by atoms with Gasteiger partial charge in [0.15, 0.2) is 14.6 Å². The van der Waals surface area contributed by atoms with Crippen molar-refractivity contribution in [1.29, 1.82) is 0 Å². The van der Waals surface area contributed by atoms with Crippen LogP contribution in [0.3, 0.4) is 0 Å². The number of benzene rings is 1. The molecule has 0 atom stereocenters. The first kappa shape index (κ1) is 19.3. The SMILES string of the molecule is CS(=O)(=O)C1(C(=O)NCC2(c3ccccc3)CCOCC2)CCNCC1. The number of sulfone groups is 1. The molecular weight excluding hydrogens is 352 g/mol. The van der Waals surface area contributed by atoms with Gasteiger partial charge in [-0.15, -0.1) is 0 Å². The largest absolute Gasteiger partial charge is 0.381 e. The van der Waals surface area contributed by atoms with Crippen LogP contribution in [0.1, 0.15) is 31.2 Å². The van der Waals surface area contributed by atoms with Crippen LogP contribution < -0.4 is 10.6 Å². The van der Waals surface area contributed by atoms with E-state index in [0.717, 1.165) is 12.8 Å². The summed E-state index contributed by atoms with van der Waals surface area (Å²) in [5, 5.41) is 6.15. The predicted octanol–water partition coefficient (Wildman–Crippen LogP) is 1.02. The van der Waals surface area contributed by atoms with Crippen LogP contribution in [0.4, 0.5) is 0 Å². The van der Waals surface area contributed by atoms with Crippen molar-refractivity contribution in [3.63, 3.8) is 0 Å². The highest BCUT2D eigenvalue weighted by molar-refractivity contribution is 7.92. The molecule has 6 nitrogen and oxygen atoms in total. The van der Waals surface area contributed by atoms with Gasteiger partial charge >= 0.3 is 0 Å². The van der Waals surface area contributed by atoms with Crippen molar-refractivity contribution in [3.8, 4) is 0 Å². The van der Waals surface area contributed by atoms with E-state index in [1.54, 1.807) is 0 Å². The van der Waals surface area contributed by atoms with Gasteiger partial charge in [-0.2, -0.15) is 0 Å². The summed E-state index contributed by atoms with van der Waals surface area (Å²) in [6.45, 7) is 2.80. The Bertz CT molecular complexity index is 721. The number of piperidine rings is 1. The zero-order valence-electron chi connectivity index (χ0n) is 15.3. The fraction of sp³-hybridized carbons (Fsp3) is 0.632. The van der Waals surface area contributed by atoms with E-state index in [2.05, 4.69) is 22.8 Å². The Balaban J connectivity index is 1.81. The Labute approximate surface area is 155 Å². The molecule has 1 amide bonds. The van der Waals surface area contributed by atoms with E-state index in [1.165, 1.54) is 11.8 Å². The number of carbonyl (C=O) groups is 1. The van der Waals surface area contributed by atoms with Crippen molar-refractivity contribution in [1.82, 2.24) is 10.6 Å². The first-order valence-corrected chi connectivity index (χ1v) is 11.1. The van der Waals surface area contributed by atoms with Gasteiger partial charge in [0.2, 0.25) is 5.91 Å².